The van der Waals surface area contributed by atoms with E-state index in [1.807, 2.05) is 6.08 Å². The highest BCUT2D eigenvalue weighted by Crippen LogP contribution is 2.42. The summed E-state index contributed by atoms with van der Waals surface area (Å²) >= 11 is 0. The van der Waals surface area contributed by atoms with Gasteiger partial charge in [0.2, 0.25) is 0 Å². The zero-order valence-electron chi connectivity index (χ0n) is 12.8. The Hall–Kier alpha value is -0.850. The first-order chi connectivity index (χ1) is 8.09. The second-order valence-electron chi connectivity index (χ2n) is 7.80. The van der Waals surface area contributed by atoms with Crippen molar-refractivity contribution in [2.75, 3.05) is 0 Å². The molecule has 2 unspecified atom stereocenters. The summed E-state index contributed by atoms with van der Waals surface area (Å²) < 4.78 is 0. The van der Waals surface area contributed by atoms with Crippen molar-refractivity contribution >= 4 is 5.78 Å². The molecule has 0 aromatic heterocycles. The van der Waals surface area contributed by atoms with E-state index in [2.05, 4.69) is 47.6 Å². The van der Waals surface area contributed by atoms with Crippen molar-refractivity contribution in [3.8, 4) is 0 Å². The van der Waals surface area contributed by atoms with E-state index in [1.165, 1.54) is 6.42 Å². The molecule has 0 aliphatic heterocycles. The fourth-order valence-electron chi connectivity index (χ4n) is 2.75. The maximum Gasteiger partial charge on any atom is 0.178 e. The lowest BCUT2D eigenvalue weighted by atomic mass is 9.66. The van der Waals surface area contributed by atoms with Gasteiger partial charge in [-0.3, -0.25) is 4.79 Å². The van der Waals surface area contributed by atoms with Crippen LogP contribution in [0.2, 0.25) is 0 Å². The van der Waals surface area contributed by atoms with Gasteiger partial charge in [0.15, 0.2) is 5.78 Å². The van der Waals surface area contributed by atoms with E-state index in [1.54, 1.807) is 12.2 Å². The largest absolute Gasteiger partial charge is 0.290 e. The van der Waals surface area contributed by atoms with E-state index in [9.17, 15) is 4.79 Å². The van der Waals surface area contributed by atoms with Gasteiger partial charge >= 0.3 is 0 Å². The number of hydrogen-bond donors (Lipinski definition) is 0. The summed E-state index contributed by atoms with van der Waals surface area (Å²) in [7, 11) is 0. The number of ketones is 1. The van der Waals surface area contributed by atoms with Gasteiger partial charge in [-0.25, -0.2) is 0 Å². The average Bonchev–Trinajstić information content (AvgIpc) is 2.36. The quantitative estimate of drug-likeness (QED) is 0.687. The molecule has 0 heterocycles. The lowest BCUT2D eigenvalue weighted by Gasteiger charge is -2.39. The molecule has 1 aliphatic rings. The van der Waals surface area contributed by atoms with Crippen LogP contribution in [-0.4, -0.2) is 5.78 Å². The van der Waals surface area contributed by atoms with Gasteiger partial charge in [0.05, 0.1) is 0 Å². The molecule has 0 spiro atoms. The van der Waals surface area contributed by atoms with Gasteiger partial charge in [-0.15, -0.1) is 0 Å². The maximum absolute atomic E-state index is 11.4. The molecule has 0 N–H and O–H groups in total. The number of carbonyl (C=O) groups excluding carboxylic acids is 1. The van der Waals surface area contributed by atoms with Gasteiger partial charge in [0, 0.05) is 0 Å². The Labute approximate surface area is 112 Å². The Morgan fingerprint density at radius 2 is 1.78 bits per heavy atom. The Bertz CT molecular complexity index is 347. The second kappa shape index (κ2) is 5.42. The first kappa shape index (κ1) is 15.2. The Morgan fingerprint density at radius 3 is 2.28 bits per heavy atom. The molecule has 18 heavy (non-hydrogen) atoms. The smallest absolute Gasteiger partial charge is 0.178 e. The van der Waals surface area contributed by atoms with Crippen LogP contribution in [0.5, 0.6) is 0 Å². The molecule has 0 saturated heterocycles. The van der Waals surface area contributed by atoms with Crippen LogP contribution in [0.25, 0.3) is 0 Å². The Kier molecular flexibility index (Phi) is 4.58. The molecule has 1 rings (SSSR count). The van der Waals surface area contributed by atoms with Crippen molar-refractivity contribution in [3.05, 3.63) is 24.3 Å². The topological polar surface area (TPSA) is 17.1 Å². The average molecular weight is 248 g/mol. The Morgan fingerprint density at radius 1 is 1.17 bits per heavy atom. The highest BCUT2D eigenvalue weighted by molar-refractivity contribution is 5.99. The van der Waals surface area contributed by atoms with Crippen molar-refractivity contribution in [2.24, 2.45) is 22.7 Å². The maximum atomic E-state index is 11.4. The zero-order chi connectivity index (χ0) is 14.0. The number of rotatable bonds is 2. The van der Waals surface area contributed by atoms with Crippen molar-refractivity contribution in [1.82, 2.24) is 0 Å². The Balaban J connectivity index is 2.93. The van der Waals surface area contributed by atoms with Crippen molar-refractivity contribution in [1.29, 1.82) is 0 Å². The fraction of sp³-hybridized carbons (Fsp3) is 0.706. The van der Waals surface area contributed by atoms with Gasteiger partial charge in [0.1, 0.15) is 0 Å². The van der Waals surface area contributed by atoms with Crippen LogP contribution in [-0.2, 0) is 4.79 Å². The summed E-state index contributed by atoms with van der Waals surface area (Å²) in [6, 6.07) is 0. The third kappa shape index (κ3) is 4.80. The predicted octanol–water partition coefficient (Wildman–Crippen LogP) is 4.79. The summed E-state index contributed by atoms with van der Waals surface area (Å²) in [6.07, 6.45) is 9.79. The summed E-state index contributed by atoms with van der Waals surface area (Å²) in [5.74, 6) is 1.21. The highest BCUT2D eigenvalue weighted by atomic mass is 16.1. The van der Waals surface area contributed by atoms with E-state index < -0.39 is 0 Å². The van der Waals surface area contributed by atoms with Gasteiger partial charge < -0.3 is 0 Å². The van der Waals surface area contributed by atoms with Gasteiger partial charge in [-0.2, -0.15) is 0 Å². The van der Waals surface area contributed by atoms with E-state index in [-0.39, 0.29) is 11.2 Å². The minimum Gasteiger partial charge on any atom is -0.290 e. The van der Waals surface area contributed by atoms with Crippen molar-refractivity contribution in [2.45, 2.75) is 54.4 Å². The molecule has 0 radical (unpaired) electrons. The van der Waals surface area contributed by atoms with E-state index in [4.69, 9.17) is 0 Å². The van der Waals surface area contributed by atoms with Crippen LogP contribution in [0.15, 0.2) is 24.3 Å². The molecular weight excluding hydrogens is 220 g/mol. The monoisotopic (exact) mass is 248 g/mol. The third-order valence-corrected chi connectivity index (χ3v) is 3.66. The van der Waals surface area contributed by atoms with Crippen LogP contribution < -0.4 is 0 Å². The molecule has 2 atom stereocenters. The van der Waals surface area contributed by atoms with Crippen LogP contribution >= 0.6 is 0 Å². The highest BCUT2D eigenvalue weighted by Gasteiger charge is 2.33. The van der Waals surface area contributed by atoms with E-state index in [0.717, 1.165) is 6.42 Å². The number of hydrogen-bond acceptors (Lipinski definition) is 1. The third-order valence-electron chi connectivity index (χ3n) is 3.66. The molecule has 102 valence electrons. The van der Waals surface area contributed by atoms with Gasteiger partial charge in [-0.05, 0) is 47.7 Å². The first-order valence-electron chi connectivity index (χ1n) is 6.98. The molecule has 0 amide bonds. The van der Waals surface area contributed by atoms with Gasteiger partial charge in [-0.1, -0.05) is 53.7 Å². The molecule has 0 aromatic rings. The summed E-state index contributed by atoms with van der Waals surface area (Å²) in [5.41, 5.74) is 0.593. The minimum absolute atomic E-state index is 0.126. The van der Waals surface area contributed by atoms with Crippen LogP contribution in [0.1, 0.15) is 54.4 Å². The SMILES string of the molecule is CC(C)(C)CC(C1C=CC(=O)C=CC1)C(C)(C)C. The van der Waals surface area contributed by atoms with Crippen molar-refractivity contribution in [3.63, 3.8) is 0 Å². The summed E-state index contributed by atoms with van der Waals surface area (Å²) in [5, 5.41) is 0. The molecular formula is C17H28O. The lowest BCUT2D eigenvalue weighted by Crippen LogP contribution is -2.31. The van der Waals surface area contributed by atoms with Crippen LogP contribution in [0.3, 0.4) is 0 Å². The molecule has 0 fully saturated rings. The standard InChI is InChI=1S/C17H28O/c1-16(2,3)12-15(17(4,5)6)13-8-7-9-14(18)11-10-13/h7,9-11,13,15H,8,12H2,1-6H3. The molecule has 0 aromatic carbocycles. The first-order valence-corrected chi connectivity index (χ1v) is 6.98. The van der Waals surface area contributed by atoms with Crippen LogP contribution in [0.4, 0.5) is 0 Å². The molecule has 1 nitrogen and oxygen atoms in total. The molecule has 0 saturated carbocycles. The van der Waals surface area contributed by atoms with Crippen molar-refractivity contribution < 1.29 is 4.79 Å². The number of carbonyl (C=O) groups is 1. The minimum atomic E-state index is 0.126. The summed E-state index contributed by atoms with van der Waals surface area (Å²) in [4.78, 5) is 11.4. The predicted molar refractivity (Wildman–Crippen MR) is 78.4 cm³/mol. The normalized spacial score (nSPS) is 23.0. The molecule has 1 aliphatic carbocycles. The van der Waals surface area contributed by atoms with E-state index >= 15 is 0 Å². The van der Waals surface area contributed by atoms with Gasteiger partial charge in [0.25, 0.3) is 0 Å². The van der Waals surface area contributed by atoms with Crippen LogP contribution in [0, 0.1) is 22.7 Å². The second-order valence-corrected chi connectivity index (χ2v) is 7.80. The number of allylic oxidation sites excluding steroid dienone is 4. The molecule has 1 heteroatoms. The lowest BCUT2D eigenvalue weighted by molar-refractivity contribution is -0.110. The molecule has 0 bridgehead atoms. The van der Waals surface area contributed by atoms with E-state index in [0.29, 0.717) is 17.3 Å². The zero-order valence-corrected chi connectivity index (χ0v) is 12.8. The summed E-state index contributed by atoms with van der Waals surface area (Å²) in [6.45, 7) is 13.8. The fourth-order valence-corrected chi connectivity index (χ4v) is 2.75.